The zero-order chi connectivity index (χ0) is 14.5. The third-order valence-corrected chi connectivity index (χ3v) is 4.55. The summed E-state index contributed by atoms with van der Waals surface area (Å²) in [5.41, 5.74) is 5.90. The Morgan fingerprint density at radius 1 is 1.10 bits per heavy atom. The molecule has 20 heavy (non-hydrogen) atoms. The zero-order valence-electron chi connectivity index (χ0n) is 13.6. The van der Waals surface area contributed by atoms with Crippen LogP contribution in [0.5, 0.6) is 0 Å². The van der Waals surface area contributed by atoms with Crippen molar-refractivity contribution in [2.75, 3.05) is 32.7 Å². The van der Waals surface area contributed by atoms with Crippen LogP contribution in [0.3, 0.4) is 0 Å². The van der Waals surface area contributed by atoms with Gasteiger partial charge in [-0.25, -0.2) is 0 Å². The van der Waals surface area contributed by atoms with Crippen LogP contribution < -0.4 is 5.32 Å². The van der Waals surface area contributed by atoms with Gasteiger partial charge in [-0.3, -0.25) is 0 Å². The maximum atomic E-state index is 3.42. The van der Waals surface area contributed by atoms with Gasteiger partial charge in [-0.15, -0.1) is 0 Å². The number of piperazine rings is 1. The summed E-state index contributed by atoms with van der Waals surface area (Å²) in [4.78, 5) is 2.60. The lowest BCUT2D eigenvalue weighted by molar-refractivity contribution is 0.235. The van der Waals surface area contributed by atoms with E-state index in [-0.39, 0.29) is 0 Å². The molecule has 0 aliphatic carbocycles. The lowest BCUT2D eigenvalue weighted by Gasteiger charge is -2.27. The molecule has 1 aromatic carbocycles. The summed E-state index contributed by atoms with van der Waals surface area (Å²) in [5, 5.41) is 3.42. The Balaban J connectivity index is 1.86. The van der Waals surface area contributed by atoms with Gasteiger partial charge in [0.05, 0.1) is 0 Å². The van der Waals surface area contributed by atoms with Crippen molar-refractivity contribution in [2.24, 2.45) is 0 Å². The summed E-state index contributed by atoms with van der Waals surface area (Å²) in [5.74, 6) is 0.679. The van der Waals surface area contributed by atoms with Crippen molar-refractivity contribution in [1.82, 2.24) is 10.2 Å². The quantitative estimate of drug-likeness (QED) is 0.885. The Morgan fingerprint density at radius 3 is 2.30 bits per heavy atom. The SMILES string of the molecule is Cc1cc(C)c(C(C)CCCN2CCNCC2)c(C)c1. The monoisotopic (exact) mass is 274 g/mol. The summed E-state index contributed by atoms with van der Waals surface area (Å²) in [6.45, 7) is 15.1. The molecule has 1 N–H and O–H groups in total. The Hall–Kier alpha value is -0.860. The third kappa shape index (κ3) is 4.07. The summed E-state index contributed by atoms with van der Waals surface area (Å²) in [6, 6.07) is 4.66. The van der Waals surface area contributed by atoms with Gasteiger partial charge in [-0.05, 0) is 62.8 Å². The number of hydrogen-bond acceptors (Lipinski definition) is 2. The van der Waals surface area contributed by atoms with Crippen molar-refractivity contribution >= 4 is 0 Å². The van der Waals surface area contributed by atoms with Crippen molar-refractivity contribution in [3.8, 4) is 0 Å². The normalized spacial score (nSPS) is 18.2. The molecule has 1 aromatic rings. The van der Waals surface area contributed by atoms with Gasteiger partial charge in [-0.2, -0.15) is 0 Å². The fraction of sp³-hybridized carbons (Fsp3) is 0.667. The lowest BCUT2D eigenvalue weighted by Crippen LogP contribution is -2.43. The number of aryl methyl sites for hydroxylation is 3. The number of nitrogens with one attached hydrogen (secondary N) is 1. The Labute approximate surface area is 124 Å². The summed E-state index contributed by atoms with van der Waals surface area (Å²) in [6.07, 6.45) is 2.61. The number of hydrogen-bond donors (Lipinski definition) is 1. The molecule has 0 radical (unpaired) electrons. The van der Waals surface area contributed by atoms with Gasteiger partial charge in [0.25, 0.3) is 0 Å². The lowest BCUT2D eigenvalue weighted by atomic mass is 9.88. The van der Waals surface area contributed by atoms with E-state index >= 15 is 0 Å². The van der Waals surface area contributed by atoms with Crippen molar-refractivity contribution in [1.29, 1.82) is 0 Å². The molecule has 0 spiro atoms. The average Bonchev–Trinajstić information content (AvgIpc) is 2.38. The second-order valence-corrected chi connectivity index (χ2v) is 6.45. The van der Waals surface area contributed by atoms with Crippen molar-refractivity contribution in [2.45, 2.75) is 46.5 Å². The molecular weight excluding hydrogens is 244 g/mol. The molecule has 0 aromatic heterocycles. The molecule has 112 valence electrons. The van der Waals surface area contributed by atoms with Crippen LogP contribution >= 0.6 is 0 Å². The van der Waals surface area contributed by atoms with Gasteiger partial charge in [0.1, 0.15) is 0 Å². The number of benzene rings is 1. The molecule has 0 amide bonds. The zero-order valence-corrected chi connectivity index (χ0v) is 13.6. The Morgan fingerprint density at radius 2 is 1.70 bits per heavy atom. The molecule has 2 rings (SSSR count). The topological polar surface area (TPSA) is 15.3 Å². The van der Waals surface area contributed by atoms with E-state index in [1.165, 1.54) is 49.2 Å². The van der Waals surface area contributed by atoms with Crippen LogP contribution in [0.1, 0.15) is 47.9 Å². The molecule has 1 aliphatic rings. The van der Waals surface area contributed by atoms with Crippen LogP contribution in [0.25, 0.3) is 0 Å². The van der Waals surface area contributed by atoms with Gasteiger partial charge >= 0.3 is 0 Å². The molecule has 1 aliphatic heterocycles. The van der Waals surface area contributed by atoms with Crippen LogP contribution in [-0.2, 0) is 0 Å². The highest BCUT2D eigenvalue weighted by Gasteiger charge is 2.13. The second kappa shape index (κ2) is 7.24. The molecule has 1 fully saturated rings. The van der Waals surface area contributed by atoms with E-state index in [0.29, 0.717) is 5.92 Å². The van der Waals surface area contributed by atoms with E-state index in [0.717, 1.165) is 13.1 Å². The fourth-order valence-corrected chi connectivity index (χ4v) is 3.67. The maximum Gasteiger partial charge on any atom is 0.0107 e. The van der Waals surface area contributed by atoms with E-state index < -0.39 is 0 Å². The van der Waals surface area contributed by atoms with Gasteiger partial charge in [0, 0.05) is 26.2 Å². The van der Waals surface area contributed by atoms with Crippen LogP contribution in [0, 0.1) is 20.8 Å². The fourth-order valence-electron chi connectivity index (χ4n) is 3.67. The van der Waals surface area contributed by atoms with E-state index in [1.807, 2.05) is 0 Å². The minimum Gasteiger partial charge on any atom is -0.314 e. The molecule has 1 atom stereocenters. The van der Waals surface area contributed by atoms with Gasteiger partial charge in [-0.1, -0.05) is 24.6 Å². The second-order valence-electron chi connectivity index (χ2n) is 6.45. The van der Waals surface area contributed by atoms with Crippen molar-refractivity contribution < 1.29 is 0 Å². The van der Waals surface area contributed by atoms with E-state index in [9.17, 15) is 0 Å². The highest BCUT2D eigenvalue weighted by molar-refractivity contribution is 5.39. The first-order valence-electron chi connectivity index (χ1n) is 8.08. The van der Waals surface area contributed by atoms with Gasteiger partial charge in [0.15, 0.2) is 0 Å². The third-order valence-electron chi connectivity index (χ3n) is 4.55. The number of nitrogens with zero attached hydrogens (tertiary/aromatic N) is 1. The first kappa shape index (κ1) is 15.5. The summed E-state index contributed by atoms with van der Waals surface area (Å²) < 4.78 is 0. The first-order valence-corrected chi connectivity index (χ1v) is 8.08. The standard InChI is InChI=1S/C18H30N2/c1-14-12-16(3)18(17(4)13-14)15(2)6-5-9-20-10-7-19-8-11-20/h12-13,15,19H,5-11H2,1-4H3. The van der Waals surface area contributed by atoms with Crippen LogP contribution in [0.15, 0.2) is 12.1 Å². The largest absolute Gasteiger partial charge is 0.314 e. The molecule has 2 nitrogen and oxygen atoms in total. The summed E-state index contributed by atoms with van der Waals surface area (Å²) in [7, 11) is 0. The highest BCUT2D eigenvalue weighted by atomic mass is 15.2. The highest BCUT2D eigenvalue weighted by Crippen LogP contribution is 2.28. The molecule has 1 saturated heterocycles. The molecular formula is C18H30N2. The maximum absolute atomic E-state index is 3.42. The molecule has 1 heterocycles. The predicted molar refractivity (Wildman–Crippen MR) is 87.6 cm³/mol. The average molecular weight is 274 g/mol. The summed E-state index contributed by atoms with van der Waals surface area (Å²) >= 11 is 0. The van der Waals surface area contributed by atoms with Crippen molar-refractivity contribution in [3.05, 3.63) is 34.4 Å². The van der Waals surface area contributed by atoms with Crippen LogP contribution in [0.2, 0.25) is 0 Å². The van der Waals surface area contributed by atoms with Gasteiger partial charge in [0.2, 0.25) is 0 Å². The molecule has 0 saturated carbocycles. The van der Waals surface area contributed by atoms with E-state index in [4.69, 9.17) is 0 Å². The van der Waals surface area contributed by atoms with Crippen LogP contribution in [-0.4, -0.2) is 37.6 Å². The number of rotatable bonds is 5. The van der Waals surface area contributed by atoms with Crippen molar-refractivity contribution in [3.63, 3.8) is 0 Å². The minimum absolute atomic E-state index is 0.679. The Kier molecular flexibility index (Phi) is 5.62. The first-order chi connectivity index (χ1) is 9.58. The van der Waals surface area contributed by atoms with E-state index in [1.54, 1.807) is 5.56 Å². The molecule has 1 unspecified atom stereocenters. The predicted octanol–water partition coefficient (Wildman–Crippen LogP) is 3.40. The van der Waals surface area contributed by atoms with Gasteiger partial charge < -0.3 is 10.2 Å². The Bertz CT molecular complexity index is 410. The molecule has 0 bridgehead atoms. The van der Waals surface area contributed by atoms with E-state index in [2.05, 4.69) is 50.0 Å². The molecule has 2 heteroatoms. The smallest absolute Gasteiger partial charge is 0.0107 e. The van der Waals surface area contributed by atoms with Crippen LogP contribution in [0.4, 0.5) is 0 Å². The minimum atomic E-state index is 0.679.